The zero-order chi connectivity index (χ0) is 14.2. The van der Waals surface area contributed by atoms with E-state index in [1.54, 1.807) is 6.33 Å². The van der Waals surface area contributed by atoms with Crippen molar-refractivity contribution in [3.63, 3.8) is 0 Å². The molecule has 0 aliphatic carbocycles. The molecule has 106 valence electrons. The van der Waals surface area contributed by atoms with Crippen LogP contribution in [0.2, 0.25) is 5.02 Å². The van der Waals surface area contributed by atoms with Gasteiger partial charge in [0.25, 0.3) is 0 Å². The molecule has 0 aliphatic rings. The fourth-order valence-electron chi connectivity index (χ4n) is 1.79. The van der Waals surface area contributed by atoms with Crippen molar-refractivity contribution in [3.05, 3.63) is 47.2 Å². The molecular formula is C15H19ClN4. The number of hydrogen-bond donors (Lipinski definition) is 2. The van der Waals surface area contributed by atoms with Gasteiger partial charge in [-0.3, -0.25) is 0 Å². The first-order valence-corrected chi connectivity index (χ1v) is 7.20. The van der Waals surface area contributed by atoms with Gasteiger partial charge in [0.15, 0.2) is 0 Å². The Hall–Kier alpha value is -1.81. The van der Waals surface area contributed by atoms with E-state index in [1.165, 1.54) is 5.56 Å². The number of nitrogens with zero attached hydrogens (tertiary/aromatic N) is 2. The molecule has 5 heteroatoms. The average Bonchev–Trinajstić information content (AvgIpc) is 2.48. The normalized spacial score (nSPS) is 10.3. The highest BCUT2D eigenvalue weighted by atomic mass is 35.5. The van der Waals surface area contributed by atoms with E-state index in [0.29, 0.717) is 0 Å². The highest BCUT2D eigenvalue weighted by molar-refractivity contribution is 6.30. The molecule has 0 bridgehead atoms. The lowest BCUT2D eigenvalue weighted by Crippen LogP contribution is -2.08. The number of rotatable bonds is 7. The van der Waals surface area contributed by atoms with E-state index in [1.807, 2.05) is 30.3 Å². The van der Waals surface area contributed by atoms with Gasteiger partial charge in [0.05, 0.1) is 0 Å². The third kappa shape index (κ3) is 4.70. The number of nitrogens with one attached hydrogen (secondary N) is 2. The summed E-state index contributed by atoms with van der Waals surface area (Å²) in [7, 11) is 0. The Kier molecular flexibility index (Phi) is 5.62. The molecule has 0 fully saturated rings. The van der Waals surface area contributed by atoms with Gasteiger partial charge in [-0.1, -0.05) is 30.7 Å². The minimum atomic E-state index is 0.768. The predicted molar refractivity (Wildman–Crippen MR) is 84.5 cm³/mol. The first kappa shape index (κ1) is 14.6. The lowest BCUT2D eigenvalue weighted by molar-refractivity contribution is 0.960. The first-order valence-electron chi connectivity index (χ1n) is 6.82. The van der Waals surface area contributed by atoms with Crippen LogP contribution in [0.15, 0.2) is 36.7 Å². The van der Waals surface area contributed by atoms with Crippen molar-refractivity contribution in [3.8, 4) is 0 Å². The van der Waals surface area contributed by atoms with E-state index in [2.05, 4.69) is 27.5 Å². The highest BCUT2D eigenvalue weighted by Gasteiger charge is 1.98. The molecule has 20 heavy (non-hydrogen) atoms. The Morgan fingerprint density at radius 2 is 1.65 bits per heavy atom. The molecule has 1 heterocycles. The van der Waals surface area contributed by atoms with Crippen LogP contribution in [0.5, 0.6) is 0 Å². The van der Waals surface area contributed by atoms with Crippen LogP contribution >= 0.6 is 11.6 Å². The maximum atomic E-state index is 5.86. The summed E-state index contributed by atoms with van der Waals surface area (Å²) in [6, 6.07) is 9.83. The molecule has 2 rings (SSSR count). The maximum Gasteiger partial charge on any atom is 0.131 e. The van der Waals surface area contributed by atoms with E-state index < -0.39 is 0 Å². The largest absolute Gasteiger partial charge is 0.370 e. The summed E-state index contributed by atoms with van der Waals surface area (Å²) >= 11 is 5.86. The van der Waals surface area contributed by atoms with Gasteiger partial charge in [0, 0.05) is 24.2 Å². The summed E-state index contributed by atoms with van der Waals surface area (Å²) in [5, 5.41) is 7.31. The van der Waals surface area contributed by atoms with E-state index in [4.69, 9.17) is 11.6 Å². The van der Waals surface area contributed by atoms with Crippen LogP contribution in [-0.4, -0.2) is 23.1 Å². The summed E-state index contributed by atoms with van der Waals surface area (Å²) in [5.74, 6) is 1.70. The van der Waals surface area contributed by atoms with Gasteiger partial charge in [0.1, 0.15) is 18.0 Å². The van der Waals surface area contributed by atoms with E-state index in [-0.39, 0.29) is 0 Å². The van der Waals surface area contributed by atoms with Gasteiger partial charge in [-0.05, 0) is 30.5 Å². The van der Waals surface area contributed by atoms with Crippen LogP contribution in [0.4, 0.5) is 11.6 Å². The lowest BCUT2D eigenvalue weighted by Gasteiger charge is -2.08. The summed E-state index contributed by atoms with van der Waals surface area (Å²) in [4.78, 5) is 8.39. The maximum absolute atomic E-state index is 5.86. The van der Waals surface area contributed by atoms with Crippen molar-refractivity contribution in [2.24, 2.45) is 0 Å². The molecule has 0 saturated heterocycles. The second-order valence-electron chi connectivity index (χ2n) is 4.52. The fourth-order valence-corrected chi connectivity index (χ4v) is 1.92. The smallest absolute Gasteiger partial charge is 0.131 e. The number of benzene rings is 1. The minimum absolute atomic E-state index is 0.768. The Labute approximate surface area is 124 Å². The predicted octanol–water partition coefficient (Wildman–Crippen LogP) is 3.61. The van der Waals surface area contributed by atoms with E-state index in [0.717, 1.165) is 42.6 Å². The molecule has 0 atom stereocenters. The van der Waals surface area contributed by atoms with Crippen molar-refractivity contribution >= 4 is 23.2 Å². The molecule has 0 unspecified atom stereocenters. The van der Waals surface area contributed by atoms with Crippen molar-refractivity contribution in [1.29, 1.82) is 0 Å². The standard InChI is InChI=1S/C15H19ClN4/c1-2-8-17-14-10-15(20-11-19-14)18-9-7-12-3-5-13(16)6-4-12/h3-6,10-11H,2,7-9H2,1H3,(H2,17,18,19,20). The Morgan fingerprint density at radius 3 is 2.30 bits per heavy atom. The quantitative estimate of drug-likeness (QED) is 0.818. The molecule has 0 spiro atoms. The SMILES string of the molecule is CCCNc1cc(NCCc2ccc(Cl)cc2)ncn1. The Bertz CT molecular complexity index is 528. The molecule has 4 nitrogen and oxygen atoms in total. The molecule has 0 amide bonds. The van der Waals surface area contributed by atoms with Gasteiger partial charge in [-0.15, -0.1) is 0 Å². The number of anilines is 2. The Morgan fingerprint density at radius 1 is 1.00 bits per heavy atom. The lowest BCUT2D eigenvalue weighted by atomic mass is 10.1. The third-order valence-electron chi connectivity index (χ3n) is 2.86. The fraction of sp³-hybridized carbons (Fsp3) is 0.333. The summed E-state index contributed by atoms with van der Waals surface area (Å²) in [6.07, 6.45) is 3.57. The van der Waals surface area contributed by atoms with Gasteiger partial charge in [-0.2, -0.15) is 0 Å². The Balaban J connectivity index is 1.82. The van der Waals surface area contributed by atoms with Crippen molar-refractivity contribution < 1.29 is 0 Å². The van der Waals surface area contributed by atoms with E-state index in [9.17, 15) is 0 Å². The molecule has 2 N–H and O–H groups in total. The molecule has 0 aliphatic heterocycles. The van der Waals surface area contributed by atoms with Crippen LogP contribution < -0.4 is 10.6 Å². The highest BCUT2D eigenvalue weighted by Crippen LogP contribution is 2.11. The summed E-state index contributed by atoms with van der Waals surface area (Å²) in [5.41, 5.74) is 1.25. The molecule has 1 aromatic heterocycles. The molecular weight excluding hydrogens is 272 g/mol. The van der Waals surface area contributed by atoms with Crippen molar-refractivity contribution in [2.75, 3.05) is 23.7 Å². The topological polar surface area (TPSA) is 49.8 Å². The summed E-state index contributed by atoms with van der Waals surface area (Å²) < 4.78 is 0. The van der Waals surface area contributed by atoms with Gasteiger partial charge in [0.2, 0.25) is 0 Å². The van der Waals surface area contributed by atoms with Crippen LogP contribution in [-0.2, 0) is 6.42 Å². The van der Waals surface area contributed by atoms with Gasteiger partial charge < -0.3 is 10.6 Å². The van der Waals surface area contributed by atoms with Crippen molar-refractivity contribution in [1.82, 2.24) is 9.97 Å². The molecule has 2 aromatic rings. The molecule has 0 saturated carbocycles. The third-order valence-corrected chi connectivity index (χ3v) is 3.11. The average molecular weight is 291 g/mol. The van der Waals surface area contributed by atoms with Crippen LogP contribution in [0, 0.1) is 0 Å². The summed E-state index contributed by atoms with van der Waals surface area (Å²) in [6.45, 7) is 3.87. The number of aromatic nitrogens is 2. The second-order valence-corrected chi connectivity index (χ2v) is 4.95. The van der Waals surface area contributed by atoms with Crippen LogP contribution in [0.25, 0.3) is 0 Å². The molecule has 1 aromatic carbocycles. The number of hydrogen-bond acceptors (Lipinski definition) is 4. The van der Waals surface area contributed by atoms with Gasteiger partial charge in [-0.25, -0.2) is 9.97 Å². The number of halogens is 1. The van der Waals surface area contributed by atoms with Crippen LogP contribution in [0.3, 0.4) is 0 Å². The zero-order valence-electron chi connectivity index (χ0n) is 11.6. The minimum Gasteiger partial charge on any atom is -0.370 e. The second kappa shape index (κ2) is 7.70. The first-order chi connectivity index (χ1) is 9.78. The van der Waals surface area contributed by atoms with Crippen molar-refractivity contribution in [2.45, 2.75) is 19.8 Å². The van der Waals surface area contributed by atoms with Gasteiger partial charge >= 0.3 is 0 Å². The van der Waals surface area contributed by atoms with Crippen LogP contribution in [0.1, 0.15) is 18.9 Å². The monoisotopic (exact) mass is 290 g/mol. The molecule has 0 radical (unpaired) electrons. The zero-order valence-corrected chi connectivity index (χ0v) is 12.3. The van der Waals surface area contributed by atoms with E-state index >= 15 is 0 Å².